The van der Waals surface area contributed by atoms with Crippen molar-refractivity contribution in [2.45, 2.75) is 13.0 Å². The quantitative estimate of drug-likeness (QED) is 0.679. The molecule has 1 N–H and O–H groups in total. The Labute approximate surface area is 158 Å². The van der Waals surface area contributed by atoms with Gasteiger partial charge in [-0.1, -0.05) is 15.9 Å². The number of carbonyl (C=O) groups is 1. The van der Waals surface area contributed by atoms with Crippen molar-refractivity contribution < 1.29 is 13.9 Å². The Balaban J connectivity index is 1.71. The Kier molecular flexibility index (Phi) is 5.32. The fourth-order valence-corrected chi connectivity index (χ4v) is 2.65. The molecule has 0 saturated carbocycles. The van der Waals surface area contributed by atoms with Gasteiger partial charge in [0.1, 0.15) is 12.1 Å². The molecular weight excluding hydrogens is 403 g/mol. The van der Waals surface area contributed by atoms with Crippen LogP contribution in [0.5, 0.6) is 11.5 Å². The number of ether oxygens (including phenoxy) is 1. The highest BCUT2D eigenvalue weighted by atomic mass is 79.9. The number of nitrogens with zero attached hydrogens (tertiary/aromatic N) is 3. The van der Waals surface area contributed by atoms with Gasteiger partial charge in [-0.05, 0) is 49.4 Å². The number of halogens is 2. The first kappa shape index (κ1) is 18.1. The van der Waals surface area contributed by atoms with Crippen molar-refractivity contribution in [3.63, 3.8) is 0 Å². The van der Waals surface area contributed by atoms with Gasteiger partial charge >= 0.3 is 0 Å². The highest BCUT2D eigenvalue weighted by Crippen LogP contribution is 2.26. The number of aryl methyl sites for hydroxylation is 1. The van der Waals surface area contributed by atoms with Gasteiger partial charge in [0.2, 0.25) is 0 Å². The van der Waals surface area contributed by atoms with Gasteiger partial charge in [-0.25, -0.2) is 4.39 Å². The van der Waals surface area contributed by atoms with E-state index in [0.717, 1.165) is 10.5 Å². The third kappa shape index (κ3) is 4.08. The molecule has 1 amide bonds. The molecular formula is C18H16BrFN4O2. The van der Waals surface area contributed by atoms with Crippen LogP contribution in [0.25, 0.3) is 0 Å². The third-order valence-corrected chi connectivity index (χ3v) is 4.25. The van der Waals surface area contributed by atoms with Crippen LogP contribution in [0.2, 0.25) is 0 Å². The maximum absolute atomic E-state index is 14.3. The van der Waals surface area contributed by atoms with Crippen LogP contribution in [0.4, 0.5) is 4.39 Å². The Bertz CT molecular complexity index is 927. The number of amides is 1. The van der Waals surface area contributed by atoms with Crippen molar-refractivity contribution in [2.24, 2.45) is 7.05 Å². The molecule has 0 aliphatic rings. The highest BCUT2D eigenvalue weighted by molar-refractivity contribution is 9.10. The van der Waals surface area contributed by atoms with E-state index >= 15 is 0 Å². The molecule has 6 nitrogen and oxygen atoms in total. The lowest BCUT2D eigenvalue weighted by molar-refractivity contribution is 0.0937. The van der Waals surface area contributed by atoms with E-state index in [4.69, 9.17) is 4.74 Å². The molecule has 1 heterocycles. The zero-order valence-electron chi connectivity index (χ0n) is 14.1. The van der Waals surface area contributed by atoms with Crippen molar-refractivity contribution in [3.05, 3.63) is 70.5 Å². The summed E-state index contributed by atoms with van der Waals surface area (Å²) in [4.78, 5) is 12.3. The van der Waals surface area contributed by atoms with Gasteiger partial charge in [-0.2, -0.15) is 0 Å². The number of rotatable bonds is 5. The Morgan fingerprint density at radius 1 is 1.27 bits per heavy atom. The number of aromatic nitrogens is 3. The molecule has 2 aromatic carbocycles. The second-order valence-electron chi connectivity index (χ2n) is 5.70. The van der Waals surface area contributed by atoms with Crippen molar-refractivity contribution in [1.29, 1.82) is 0 Å². The monoisotopic (exact) mass is 418 g/mol. The van der Waals surface area contributed by atoms with E-state index in [1.807, 2.05) is 0 Å². The average Bonchev–Trinajstić information content (AvgIpc) is 3.04. The number of hydrogen-bond acceptors (Lipinski definition) is 4. The summed E-state index contributed by atoms with van der Waals surface area (Å²) in [6.45, 7) is 1.78. The molecule has 1 atom stereocenters. The summed E-state index contributed by atoms with van der Waals surface area (Å²) in [6.07, 6.45) is 1.55. The molecule has 0 saturated heterocycles. The fraction of sp³-hybridized carbons (Fsp3) is 0.167. The van der Waals surface area contributed by atoms with Crippen LogP contribution in [0.1, 0.15) is 29.1 Å². The van der Waals surface area contributed by atoms with E-state index in [1.54, 1.807) is 49.1 Å². The van der Waals surface area contributed by atoms with Crippen LogP contribution in [0.3, 0.4) is 0 Å². The smallest absolute Gasteiger partial charge is 0.251 e. The Hall–Kier alpha value is -2.74. The predicted octanol–water partition coefficient (Wildman–Crippen LogP) is 4.00. The Morgan fingerprint density at radius 3 is 2.62 bits per heavy atom. The van der Waals surface area contributed by atoms with E-state index in [1.165, 1.54) is 12.1 Å². The van der Waals surface area contributed by atoms with Gasteiger partial charge in [-0.3, -0.25) is 4.79 Å². The van der Waals surface area contributed by atoms with E-state index in [0.29, 0.717) is 11.6 Å². The summed E-state index contributed by atoms with van der Waals surface area (Å²) in [5.41, 5.74) is 0.194. The number of carbonyl (C=O) groups excluding carboxylic acids is 1. The van der Waals surface area contributed by atoms with Crippen LogP contribution in [-0.2, 0) is 7.05 Å². The maximum Gasteiger partial charge on any atom is 0.251 e. The summed E-state index contributed by atoms with van der Waals surface area (Å²) < 4.78 is 22.4. The zero-order chi connectivity index (χ0) is 18.7. The summed E-state index contributed by atoms with van der Waals surface area (Å²) in [5, 5.41) is 10.5. The predicted molar refractivity (Wildman–Crippen MR) is 97.5 cm³/mol. The molecule has 26 heavy (non-hydrogen) atoms. The maximum atomic E-state index is 14.3. The van der Waals surface area contributed by atoms with Gasteiger partial charge in [-0.15, -0.1) is 10.2 Å². The minimum Gasteiger partial charge on any atom is -0.454 e. The lowest BCUT2D eigenvalue weighted by atomic mass is 10.1. The summed E-state index contributed by atoms with van der Waals surface area (Å²) in [5.74, 6) is 0.126. The molecule has 0 aliphatic heterocycles. The standard InChI is InChI=1S/C18H16BrFN4O2/c1-11(17-23-21-10-24(17)2)22-18(25)12-3-8-16(15(20)9-12)26-14-6-4-13(19)5-7-14/h3-11H,1-2H3,(H,22,25)/t11-/m1/s1. The second-order valence-corrected chi connectivity index (χ2v) is 6.61. The first-order valence-electron chi connectivity index (χ1n) is 7.82. The van der Waals surface area contributed by atoms with Crippen molar-refractivity contribution in [3.8, 4) is 11.5 Å². The minimum absolute atomic E-state index is 0.0465. The fourth-order valence-electron chi connectivity index (χ4n) is 2.38. The lowest BCUT2D eigenvalue weighted by Gasteiger charge is -2.13. The summed E-state index contributed by atoms with van der Waals surface area (Å²) in [7, 11) is 1.78. The molecule has 0 spiro atoms. The molecule has 0 bridgehead atoms. The molecule has 3 rings (SSSR count). The molecule has 8 heteroatoms. The van der Waals surface area contributed by atoms with Gasteiger partial charge in [0.25, 0.3) is 5.91 Å². The minimum atomic E-state index is -0.619. The van der Waals surface area contributed by atoms with Crippen LogP contribution in [0, 0.1) is 5.82 Å². The van der Waals surface area contributed by atoms with E-state index in [9.17, 15) is 9.18 Å². The van der Waals surface area contributed by atoms with Gasteiger partial charge < -0.3 is 14.6 Å². The number of hydrogen-bond donors (Lipinski definition) is 1. The van der Waals surface area contributed by atoms with E-state index in [2.05, 4.69) is 31.4 Å². The molecule has 3 aromatic rings. The normalized spacial score (nSPS) is 11.8. The molecule has 0 unspecified atom stereocenters. The summed E-state index contributed by atoms with van der Waals surface area (Å²) >= 11 is 3.33. The van der Waals surface area contributed by atoms with Crippen molar-refractivity contribution >= 4 is 21.8 Å². The number of benzene rings is 2. The largest absolute Gasteiger partial charge is 0.454 e. The van der Waals surface area contributed by atoms with Crippen LogP contribution in [-0.4, -0.2) is 20.7 Å². The van der Waals surface area contributed by atoms with Crippen LogP contribution >= 0.6 is 15.9 Å². The van der Waals surface area contributed by atoms with Gasteiger partial charge in [0.15, 0.2) is 17.4 Å². The zero-order valence-corrected chi connectivity index (χ0v) is 15.7. The van der Waals surface area contributed by atoms with Crippen molar-refractivity contribution in [1.82, 2.24) is 20.1 Å². The topological polar surface area (TPSA) is 69.0 Å². The molecule has 0 radical (unpaired) electrons. The molecule has 0 fully saturated rings. The molecule has 134 valence electrons. The van der Waals surface area contributed by atoms with Crippen LogP contribution in [0.15, 0.2) is 53.3 Å². The van der Waals surface area contributed by atoms with Crippen molar-refractivity contribution in [2.75, 3.05) is 0 Å². The summed E-state index contributed by atoms with van der Waals surface area (Å²) in [6, 6.07) is 10.7. The molecule has 1 aromatic heterocycles. The average molecular weight is 419 g/mol. The van der Waals surface area contributed by atoms with E-state index in [-0.39, 0.29) is 17.4 Å². The van der Waals surface area contributed by atoms with Gasteiger partial charge in [0, 0.05) is 17.1 Å². The first-order chi connectivity index (χ1) is 12.4. The SMILES string of the molecule is C[C@@H](NC(=O)c1ccc(Oc2ccc(Br)cc2)c(F)c1)c1nncn1C. The van der Waals surface area contributed by atoms with Gasteiger partial charge in [0.05, 0.1) is 6.04 Å². The first-order valence-corrected chi connectivity index (χ1v) is 8.61. The van der Waals surface area contributed by atoms with E-state index < -0.39 is 11.7 Å². The second kappa shape index (κ2) is 7.65. The lowest BCUT2D eigenvalue weighted by Crippen LogP contribution is -2.28. The Morgan fingerprint density at radius 2 is 2.00 bits per heavy atom. The molecule has 0 aliphatic carbocycles. The highest BCUT2D eigenvalue weighted by Gasteiger charge is 2.17. The number of nitrogens with one attached hydrogen (secondary N) is 1. The third-order valence-electron chi connectivity index (χ3n) is 3.72. The van der Waals surface area contributed by atoms with Crippen LogP contribution < -0.4 is 10.1 Å².